The standard InChI is InChI=1S/C26H21F3N2O5/c1-14-7-9-15(10-8-14)20-18(23(33)35-2)22(32)19(24(34)36-3)21(25(20,12-30)13-31)16-5-4-6-17(11-16)26(27,28)29/h4-11,19-21,32H,1-3H3/t19-,20-,21+/m1/s1. The smallest absolute Gasteiger partial charge is 0.416 e. The van der Waals surface area contributed by atoms with Crippen molar-refractivity contribution in [3.05, 3.63) is 82.1 Å². The molecule has 0 heterocycles. The number of hydrogen-bond acceptors (Lipinski definition) is 7. The topological polar surface area (TPSA) is 120 Å². The van der Waals surface area contributed by atoms with Gasteiger partial charge in [-0.05, 0) is 24.1 Å². The van der Waals surface area contributed by atoms with Crippen LogP contribution in [0, 0.1) is 40.9 Å². The summed E-state index contributed by atoms with van der Waals surface area (Å²) in [6, 6.07) is 13.9. The maximum absolute atomic E-state index is 13.5. The van der Waals surface area contributed by atoms with Crippen molar-refractivity contribution in [1.82, 2.24) is 0 Å². The van der Waals surface area contributed by atoms with E-state index in [2.05, 4.69) is 0 Å². The molecule has 0 bridgehead atoms. The minimum absolute atomic E-state index is 0.212. The lowest BCUT2D eigenvalue weighted by atomic mass is 9.54. The van der Waals surface area contributed by atoms with Gasteiger partial charge in [0.2, 0.25) is 0 Å². The summed E-state index contributed by atoms with van der Waals surface area (Å²) in [5, 5.41) is 32.1. The van der Waals surface area contributed by atoms with Gasteiger partial charge in [-0.15, -0.1) is 0 Å². The minimum Gasteiger partial charge on any atom is -0.511 e. The third-order valence-electron chi connectivity index (χ3n) is 6.35. The molecule has 3 atom stereocenters. The van der Waals surface area contributed by atoms with Crippen LogP contribution in [0.3, 0.4) is 0 Å². The minimum atomic E-state index is -4.77. The number of alkyl halides is 3. The van der Waals surface area contributed by atoms with Crippen molar-refractivity contribution in [2.24, 2.45) is 11.3 Å². The average molecular weight is 498 g/mol. The van der Waals surface area contributed by atoms with Crippen LogP contribution in [-0.4, -0.2) is 31.3 Å². The average Bonchev–Trinajstić information content (AvgIpc) is 2.87. The molecule has 0 amide bonds. The number of ether oxygens (including phenoxy) is 2. The highest BCUT2D eigenvalue weighted by molar-refractivity contribution is 5.94. The Morgan fingerprint density at radius 3 is 2.11 bits per heavy atom. The summed E-state index contributed by atoms with van der Waals surface area (Å²) in [5.74, 6) is -8.04. The molecule has 36 heavy (non-hydrogen) atoms. The van der Waals surface area contributed by atoms with Gasteiger partial charge < -0.3 is 14.6 Å². The van der Waals surface area contributed by atoms with Gasteiger partial charge in [0.25, 0.3) is 0 Å². The SMILES string of the molecule is COC(=O)C1=C(O)[C@H](C(=O)OC)[C@H](c2cccc(C(F)(F)F)c2)C(C#N)(C#N)[C@@H]1c1ccc(C)cc1. The van der Waals surface area contributed by atoms with Crippen molar-refractivity contribution in [1.29, 1.82) is 10.5 Å². The fraction of sp³-hybridized carbons (Fsp3) is 0.308. The molecule has 2 aromatic rings. The van der Waals surface area contributed by atoms with Crippen molar-refractivity contribution in [3.63, 3.8) is 0 Å². The predicted octanol–water partition coefficient (Wildman–Crippen LogP) is 4.70. The van der Waals surface area contributed by atoms with Gasteiger partial charge in [0.05, 0.1) is 43.4 Å². The molecule has 0 aliphatic heterocycles. The number of esters is 2. The molecule has 1 aliphatic carbocycles. The molecule has 2 aromatic carbocycles. The van der Waals surface area contributed by atoms with E-state index in [0.717, 1.165) is 31.9 Å². The Hall–Kier alpha value is -4.31. The van der Waals surface area contributed by atoms with Gasteiger partial charge in [-0.2, -0.15) is 23.7 Å². The number of hydrogen-bond donors (Lipinski definition) is 1. The quantitative estimate of drug-likeness (QED) is 0.607. The first-order valence-electron chi connectivity index (χ1n) is 10.6. The first-order valence-corrected chi connectivity index (χ1v) is 10.6. The number of nitriles is 2. The highest BCUT2D eigenvalue weighted by Gasteiger charge is 2.61. The number of aliphatic hydroxyl groups excluding tert-OH is 1. The molecule has 0 spiro atoms. The number of nitrogens with zero attached hydrogens (tertiary/aromatic N) is 2. The van der Waals surface area contributed by atoms with Crippen LogP contribution in [0.4, 0.5) is 13.2 Å². The molecule has 0 fully saturated rings. The maximum Gasteiger partial charge on any atom is 0.416 e. The van der Waals surface area contributed by atoms with Gasteiger partial charge in [0, 0.05) is 5.92 Å². The van der Waals surface area contributed by atoms with Crippen LogP contribution in [0.5, 0.6) is 0 Å². The zero-order valence-electron chi connectivity index (χ0n) is 19.5. The molecule has 0 unspecified atom stereocenters. The second-order valence-corrected chi connectivity index (χ2v) is 8.33. The Balaban J connectivity index is 2.49. The Bertz CT molecular complexity index is 1290. The van der Waals surface area contributed by atoms with Gasteiger partial charge in [0.15, 0.2) is 5.41 Å². The van der Waals surface area contributed by atoms with Crippen LogP contribution in [0.2, 0.25) is 0 Å². The number of rotatable bonds is 4. The van der Waals surface area contributed by atoms with E-state index in [1.807, 2.05) is 12.1 Å². The second-order valence-electron chi connectivity index (χ2n) is 8.33. The number of aryl methyl sites for hydroxylation is 1. The summed E-state index contributed by atoms with van der Waals surface area (Å²) >= 11 is 0. The van der Waals surface area contributed by atoms with E-state index in [1.54, 1.807) is 19.1 Å². The van der Waals surface area contributed by atoms with Gasteiger partial charge in [0.1, 0.15) is 11.7 Å². The molecule has 1 aliphatic rings. The third kappa shape index (κ3) is 4.27. The number of benzene rings is 2. The second kappa shape index (κ2) is 9.74. The van der Waals surface area contributed by atoms with E-state index < -0.39 is 58.2 Å². The molecule has 0 radical (unpaired) electrons. The highest BCUT2D eigenvalue weighted by Crippen LogP contribution is 2.59. The Kier molecular flexibility index (Phi) is 7.12. The van der Waals surface area contributed by atoms with Crippen molar-refractivity contribution >= 4 is 11.9 Å². The first-order chi connectivity index (χ1) is 17.0. The lowest BCUT2D eigenvalue weighted by Crippen LogP contribution is -2.47. The Labute approximate surface area is 205 Å². The number of aliphatic hydroxyl groups is 1. The zero-order valence-corrected chi connectivity index (χ0v) is 19.5. The van der Waals surface area contributed by atoms with E-state index in [4.69, 9.17) is 9.47 Å². The van der Waals surface area contributed by atoms with Crippen LogP contribution in [-0.2, 0) is 25.2 Å². The van der Waals surface area contributed by atoms with Gasteiger partial charge >= 0.3 is 18.1 Å². The number of halogens is 3. The van der Waals surface area contributed by atoms with Crippen LogP contribution in [0.25, 0.3) is 0 Å². The fourth-order valence-corrected chi connectivity index (χ4v) is 4.70. The van der Waals surface area contributed by atoms with Crippen LogP contribution >= 0.6 is 0 Å². The molecule has 186 valence electrons. The van der Waals surface area contributed by atoms with Gasteiger partial charge in [-0.3, -0.25) is 4.79 Å². The van der Waals surface area contributed by atoms with Crippen LogP contribution < -0.4 is 0 Å². The number of carbonyl (C=O) groups is 2. The van der Waals surface area contributed by atoms with Crippen molar-refractivity contribution in [3.8, 4) is 12.1 Å². The zero-order chi connectivity index (χ0) is 26.8. The summed E-state index contributed by atoms with van der Waals surface area (Å²) in [5.41, 5.74) is -3.09. The van der Waals surface area contributed by atoms with E-state index in [-0.39, 0.29) is 11.1 Å². The van der Waals surface area contributed by atoms with E-state index in [0.29, 0.717) is 6.07 Å². The van der Waals surface area contributed by atoms with E-state index in [1.165, 1.54) is 18.2 Å². The predicted molar refractivity (Wildman–Crippen MR) is 119 cm³/mol. The number of carbonyl (C=O) groups excluding carboxylic acids is 2. The molecular formula is C26H21F3N2O5. The third-order valence-corrected chi connectivity index (χ3v) is 6.35. The molecule has 1 N–H and O–H groups in total. The van der Waals surface area contributed by atoms with Crippen LogP contribution in [0.1, 0.15) is 34.1 Å². The maximum atomic E-state index is 13.5. The van der Waals surface area contributed by atoms with Gasteiger partial charge in [-0.25, -0.2) is 4.79 Å². The largest absolute Gasteiger partial charge is 0.511 e. The van der Waals surface area contributed by atoms with E-state index in [9.17, 15) is 38.4 Å². The molecular weight excluding hydrogens is 477 g/mol. The first kappa shape index (κ1) is 26.3. The lowest BCUT2D eigenvalue weighted by Gasteiger charge is -2.44. The van der Waals surface area contributed by atoms with Crippen molar-refractivity contribution < 1.29 is 37.3 Å². The Morgan fingerprint density at radius 2 is 1.61 bits per heavy atom. The molecule has 3 rings (SSSR count). The summed E-state index contributed by atoms with van der Waals surface area (Å²) in [4.78, 5) is 25.8. The summed E-state index contributed by atoms with van der Waals surface area (Å²) in [7, 11) is 1.99. The lowest BCUT2D eigenvalue weighted by molar-refractivity contribution is -0.147. The normalized spacial score (nSPS) is 21.2. The molecule has 7 nitrogen and oxygen atoms in total. The number of methoxy groups -OCH3 is 2. The summed E-state index contributed by atoms with van der Waals surface area (Å²) in [6.45, 7) is 1.78. The molecule has 0 aromatic heterocycles. The van der Waals surface area contributed by atoms with E-state index >= 15 is 0 Å². The monoisotopic (exact) mass is 498 g/mol. The fourth-order valence-electron chi connectivity index (χ4n) is 4.70. The summed E-state index contributed by atoms with van der Waals surface area (Å²) < 4.78 is 50.2. The molecule has 10 heteroatoms. The Morgan fingerprint density at radius 1 is 1.00 bits per heavy atom. The highest BCUT2D eigenvalue weighted by atomic mass is 19.4. The molecule has 0 saturated heterocycles. The van der Waals surface area contributed by atoms with Gasteiger partial charge in [-0.1, -0.05) is 48.0 Å². The van der Waals surface area contributed by atoms with Crippen molar-refractivity contribution in [2.75, 3.05) is 14.2 Å². The van der Waals surface area contributed by atoms with Crippen LogP contribution in [0.15, 0.2) is 59.9 Å². The van der Waals surface area contributed by atoms with Crippen molar-refractivity contribution in [2.45, 2.75) is 24.9 Å². The molecule has 0 saturated carbocycles. The summed E-state index contributed by atoms with van der Waals surface area (Å²) in [6.07, 6.45) is -4.77.